The minimum absolute atomic E-state index is 0.727. The van der Waals surface area contributed by atoms with Crippen molar-refractivity contribution in [3.8, 4) is 0 Å². The standard InChI is InChI=1S/C16H23BrN2/c1-19-10-14(11-19)15-5-4-12(8-16(15)17)7-13-3-2-6-18-9-13/h4-5,8,13-14,18H,2-3,6-7,9-11H2,1H3. The van der Waals surface area contributed by atoms with E-state index in [9.17, 15) is 0 Å². The summed E-state index contributed by atoms with van der Waals surface area (Å²) in [6, 6.07) is 7.03. The Morgan fingerprint density at radius 2 is 2.21 bits per heavy atom. The smallest absolute Gasteiger partial charge is 0.0213 e. The van der Waals surface area contributed by atoms with Crippen LogP contribution in [0.4, 0.5) is 0 Å². The van der Waals surface area contributed by atoms with Gasteiger partial charge in [-0.1, -0.05) is 28.1 Å². The van der Waals surface area contributed by atoms with Crippen molar-refractivity contribution >= 4 is 15.9 Å². The highest BCUT2D eigenvalue weighted by molar-refractivity contribution is 9.10. The van der Waals surface area contributed by atoms with E-state index in [1.54, 1.807) is 0 Å². The first-order chi connectivity index (χ1) is 9.22. The Kier molecular flexibility index (Phi) is 4.25. The summed E-state index contributed by atoms with van der Waals surface area (Å²) in [5, 5.41) is 3.51. The molecular formula is C16H23BrN2. The Bertz CT molecular complexity index is 434. The van der Waals surface area contributed by atoms with Gasteiger partial charge in [0.25, 0.3) is 0 Å². The monoisotopic (exact) mass is 322 g/mol. The number of benzene rings is 1. The van der Waals surface area contributed by atoms with E-state index in [1.807, 2.05) is 0 Å². The molecule has 0 aromatic heterocycles. The van der Waals surface area contributed by atoms with Gasteiger partial charge in [-0.2, -0.15) is 0 Å². The fourth-order valence-electron chi connectivity index (χ4n) is 3.36. The van der Waals surface area contributed by atoms with E-state index in [1.165, 1.54) is 61.0 Å². The van der Waals surface area contributed by atoms with Gasteiger partial charge in [0.2, 0.25) is 0 Å². The molecule has 19 heavy (non-hydrogen) atoms. The zero-order valence-corrected chi connectivity index (χ0v) is 13.2. The van der Waals surface area contributed by atoms with Crippen LogP contribution in [0.1, 0.15) is 29.9 Å². The summed E-state index contributed by atoms with van der Waals surface area (Å²) in [6.45, 7) is 4.79. The van der Waals surface area contributed by atoms with Crippen molar-refractivity contribution in [2.75, 3.05) is 33.2 Å². The lowest BCUT2D eigenvalue weighted by Crippen LogP contribution is -2.41. The van der Waals surface area contributed by atoms with Crippen LogP contribution in [0.3, 0.4) is 0 Å². The molecule has 0 saturated carbocycles. The van der Waals surface area contributed by atoms with Gasteiger partial charge in [-0.25, -0.2) is 0 Å². The SMILES string of the molecule is CN1CC(c2ccc(CC3CCCNC3)cc2Br)C1. The molecular weight excluding hydrogens is 300 g/mol. The number of nitrogens with one attached hydrogen (secondary N) is 1. The molecule has 0 amide bonds. The van der Waals surface area contributed by atoms with Crippen LogP contribution < -0.4 is 5.32 Å². The number of likely N-dealkylation sites (N-methyl/N-ethyl adjacent to an activating group) is 1. The maximum Gasteiger partial charge on any atom is 0.0213 e. The molecule has 1 unspecified atom stereocenters. The Balaban J connectivity index is 1.65. The number of likely N-dealkylation sites (tertiary alicyclic amines) is 1. The highest BCUT2D eigenvalue weighted by Gasteiger charge is 2.26. The summed E-state index contributed by atoms with van der Waals surface area (Å²) in [4.78, 5) is 2.37. The molecule has 2 heterocycles. The summed E-state index contributed by atoms with van der Waals surface area (Å²) >= 11 is 3.77. The maximum absolute atomic E-state index is 3.77. The molecule has 104 valence electrons. The van der Waals surface area contributed by atoms with Crippen LogP contribution in [-0.4, -0.2) is 38.1 Å². The molecule has 2 aliphatic heterocycles. The van der Waals surface area contributed by atoms with Crippen LogP contribution in [0.25, 0.3) is 0 Å². The number of hydrogen-bond donors (Lipinski definition) is 1. The van der Waals surface area contributed by atoms with Crippen LogP contribution in [-0.2, 0) is 6.42 Å². The van der Waals surface area contributed by atoms with E-state index in [0.717, 1.165) is 11.8 Å². The minimum atomic E-state index is 0.727. The zero-order valence-electron chi connectivity index (χ0n) is 11.7. The van der Waals surface area contributed by atoms with Crippen LogP contribution in [0, 0.1) is 5.92 Å². The molecule has 3 heteroatoms. The van der Waals surface area contributed by atoms with Gasteiger partial charge in [0.05, 0.1) is 0 Å². The molecule has 1 atom stereocenters. The first-order valence-electron chi connectivity index (χ1n) is 7.40. The molecule has 2 nitrogen and oxygen atoms in total. The molecule has 2 saturated heterocycles. The molecule has 0 bridgehead atoms. The molecule has 3 rings (SSSR count). The second kappa shape index (κ2) is 5.94. The largest absolute Gasteiger partial charge is 0.316 e. The highest BCUT2D eigenvalue weighted by atomic mass is 79.9. The number of rotatable bonds is 3. The molecule has 2 fully saturated rings. The molecule has 1 N–H and O–H groups in total. The molecule has 0 spiro atoms. The second-order valence-electron chi connectivity index (χ2n) is 6.19. The first-order valence-corrected chi connectivity index (χ1v) is 8.19. The van der Waals surface area contributed by atoms with Crippen LogP contribution in [0.5, 0.6) is 0 Å². The normalized spacial score (nSPS) is 25.3. The second-order valence-corrected chi connectivity index (χ2v) is 7.04. The molecule has 1 aromatic carbocycles. The van der Waals surface area contributed by atoms with Gasteiger partial charge in [0.1, 0.15) is 0 Å². The van der Waals surface area contributed by atoms with E-state index < -0.39 is 0 Å². The molecule has 0 aliphatic carbocycles. The third kappa shape index (κ3) is 3.21. The van der Waals surface area contributed by atoms with Crippen molar-refractivity contribution in [2.45, 2.75) is 25.2 Å². The van der Waals surface area contributed by atoms with E-state index in [2.05, 4.69) is 51.4 Å². The van der Waals surface area contributed by atoms with Crippen LogP contribution >= 0.6 is 15.9 Å². The van der Waals surface area contributed by atoms with Crippen molar-refractivity contribution in [3.63, 3.8) is 0 Å². The number of hydrogen-bond acceptors (Lipinski definition) is 2. The predicted molar refractivity (Wildman–Crippen MR) is 83.7 cm³/mol. The Labute approximate surface area is 124 Å². The fourth-order valence-corrected chi connectivity index (χ4v) is 4.11. The predicted octanol–water partition coefficient (Wildman–Crippen LogP) is 3.02. The minimum Gasteiger partial charge on any atom is -0.316 e. The average Bonchev–Trinajstić information content (AvgIpc) is 2.37. The van der Waals surface area contributed by atoms with Crippen molar-refractivity contribution in [1.82, 2.24) is 10.2 Å². The Morgan fingerprint density at radius 1 is 1.37 bits per heavy atom. The van der Waals surface area contributed by atoms with Gasteiger partial charge in [-0.3, -0.25) is 0 Å². The number of halogens is 1. The summed E-state index contributed by atoms with van der Waals surface area (Å²) in [5.41, 5.74) is 2.97. The lowest BCUT2D eigenvalue weighted by Gasteiger charge is -2.37. The Hall–Kier alpha value is -0.380. The maximum atomic E-state index is 3.77. The lowest BCUT2D eigenvalue weighted by atomic mass is 9.89. The topological polar surface area (TPSA) is 15.3 Å². The van der Waals surface area contributed by atoms with E-state index in [0.29, 0.717) is 0 Å². The van der Waals surface area contributed by atoms with E-state index in [4.69, 9.17) is 0 Å². The van der Waals surface area contributed by atoms with Crippen LogP contribution in [0.2, 0.25) is 0 Å². The van der Waals surface area contributed by atoms with Crippen molar-refractivity contribution in [3.05, 3.63) is 33.8 Å². The van der Waals surface area contributed by atoms with E-state index >= 15 is 0 Å². The number of nitrogens with zero attached hydrogens (tertiary/aromatic N) is 1. The number of piperidine rings is 1. The van der Waals surface area contributed by atoms with Crippen LogP contribution in [0.15, 0.2) is 22.7 Å². The summed E-state index contributed by atoms with van der Waals surface area (Å²) < 4.78 is 1.31. The van der Waals surface area contributed by atoms with Crippen molar-refractivity contribution in [1.29, 1.82) is 0 Å². The zero-order chi connectivity index (χ0) is 13.2. The van der Waals surface area contributed by atoms with Gasteiger partial charge < -0.3 is 10.2 Å². The first kappa shape index (κ1) is 13.6. The third-order valence-corrected chi connectivity index (χ3v) is 5.18. The van der Waals surface area contributed by atoms with E-state index in [-0.39, 0.29) is 0 Å². The lowest BCUT2D eigenvalue weighted by molar-refractivity contribution is 0.189. The third-order valence-electron chi connectivity index (χ3n) is 4.49. The van der Waals surface area contributed by atoms with Gasteiger partial charge in [0, 0.05) is 23.5 Å². The quantitative estimate of drug-likeness (QED) is 0.920. The summed E-state index contributed by atoms with van der Waals surface area (Å²) in [7, 11) is 2.19. The van der Waals surface area contributed by atoms with Crippen molar-refractivity contribution < 1.29 is 0 Å². The van der Waals surface area contributed by atoms with Gasteiger partial charge >= 0.3 is 0 Å². The fraction of sp³-hybridized carbons (Fsp3) is 0.625. The molecule has 2 aliphatic rings. The van der Waals surface area contributed by atoms with Gasteiger partial charge in [-0.15, -0.1) is 0 Å². The molecule has 1 aromatic rings. The summed E-state index contributed by atoms with van der Waals surface area (Å²) in [6.07, 6.45) is 3.93. The van der Waals surface area contributed by atoms with Gasteiger partial charge in [-0.05, 0) is 62.5 Å². The average molecular weight is 323 g/mol. The summed E-state index contributed by atoms with van der Waals surface area (Å²) in [5.74, 6) is 1.55. The molecule has 0 radical (unpaired) electrons. The van der Waals surface area contributed by atoms with Gasteiger partial charge in [0.15, 0.2) is 0 Å². The highest BCUT2D eigenvalue weighted by Crippen LogP contribution is 2.32. The Morgan fingerprint density at radius 3 is 2.84 bits per heavy atom. The van der Waals surface area contributed by atoms with Crippen molar-refractivity contribution in [2.24, 2.45) is 5.92 Å².